The molecule has 3 unspecified atom stereocenters. The van der Waals surface area contributed by atoms with E-state index < -0.39 is 5.60 Å². The zero-order valence-corrected chi connectivity index (χ0v) is 19.3. The number of halogens is 1. The molecule has 0 aromatic carbocycles. The summed E-state index contributed by atoms with van der Waals surface area (Å²) < 4.78 is 13.7. The molecule has 1 N–H and O–H groups in total. The van der Waals surface area contributed by atoms with Crippen molar-refractivity contribution < 1.29 is 14.6 Å². The number of rotatable bonds is 6. The maximum Gasteiger partial charge on any atom is 0.275 e. The third kappa shape index (κ3) is 4.16. The summed E-state index contributed by atoms with van der Waals surface area (Å²) in [6, 6.07) is 1.95. The third-order valence-electron chi connectivity index (χ3n) is 6.26. The standard InChI is InChI=1S/C24H25ClN2O4S/c1-30-20-11-17(7-8-19(20)31-13-24(29)9-2-10-24)27-14-26-18-12-21(32-22(18)23(27)28)15-3-5-16(25)6-4-15/h3-5,7-8,11-12,14,16,19-20,29H,2,6,9-10,13H2,1H3. The number of ether oxygens (including phenoxy) is 2. The Bertz CT molecular complexity index is 1200. The lowest BCUT2D eigenvalue weighted by molar-refractivity contribution is -0.122. The van der Waals surface area contributed by atoms with Gasteiger partial charge in [-0.1, -0.05) is 24.3 Å². The zero-order chi connectivity index (χ0) is 22.3. The molecule has 2 aromatic heterocycles. The summed E-state index contributed by atoms with van der Waals surface area (Å²) in [4.78, 5) is 18.8. The van der Waals surface area contributed by atoms with Crippen LogP contribution in [0.25, 0.3) is 21.5 Å². The summed E-state index contributed by atoms with van der Waals surface area (Å²) in [5, 5.41) is 10.3. The van der Waals surface area contributed by atoms with Crippen LogP contribution in [-0.4, -0.2) is 51.6 Å². The quantitative estimate of drug-likeness (QED) is 0.640. The predicted octanol–water partition coefficient (Wildman–Crippen LogP) is 4.13. The van der Waals surface area contributed by atoms with Crippen LogP contribution < -0.4 is 5.56 Å². The van der Waals surface area contributed by atoms with E-state index in [0.29, 0.717) is 15.9 Å². The van der Waals surface area contributed by atoms with Crippen LogP contribution in [-0.2, 0) is 9.47 Å². The summed E-state index contributed by atoms with van der Waals surface area (Å²) in [5.74, 6) is 0. The van der Waals surface area contributed by atoms with Crippen molar-refractivity contribution >= 4 is 44.4 Å². The molecule has 3 aliphatic rings. The highest BCUT2D eigenvalue weighted by atomic mass is 35.5. The number of hydrogen-bond acceptors (Lipinski definition) is 6. The second-order valence-electron chi connectivity index (χ2n) is 8.52. The third-order valence-corrected chi connectivity index (χ3v) is 7.75. The molecule has 2 aromatic rings. The molecular formula is C24H25ClN2O4S. The Hall–Kier alpha value is -2.03. The molecule has 0 aliphatic heterocycles. The van der Waals surface area contributed by atoms with Crippen LogP contribution in [0.5, 0.6) is 0 Å². The molecule has 1 saturated carbocycles. The monoisotopic (exact) mass is 472 g/mol. The number of aliphatic hydroxyl groups is 1. The molecule has 0 saturated heterocycles. The first-order chi connectivity index (χ1) is 15.5. The maximum atomic E-state index is 13.3. The number of thiophene rings is 1. The van der Waals surface area contributed by atoms with E-state index in [4.69, 9.17) is 21.1 Å². The highest BCUT2D eigenvalue weighted by Gasteiger charge is 2.36. The van der Waals surface area contributed by atoms with Crippen molar-refractivity contribution in [3.63, 3.8) is 0 Å². The molecule has 0 radical (unpaired) electrons. The Balaban J connectivity index is 1.39. The SMILES string of the molecule is COC1C=C(n2cnc3cc(C4=CCC(Cl)C=C4)sc3c2=O)C=CC1OCC1(O)CCC1. The van der Waals surface area contributed by atoms with E-state index in [1.165, 1.54) is 11.3 Å². The molecular weight excluding hydrogens is 448 g/mol. The molecule has 32 heavy (non-hydrogen) atoms. The van der Waals surface area contributed by atoms with Crippen LogP contribution in [0.3, 0.4) is 0 Å². The van der Waals surface area contributed by atoms with Gasteiger partial charge in [0, 0.05) is 17.7 Å². The Kier molecular flexibility index (Phi) is 5.94. The van der Waals surface area contributed by atoms with Gasteiger partial charge in [0.2, 0.25) is 0 Å². The van der Waals surface area contributed by atoms with Crippen molar-refractivity contribution in [2.24, 2.45) is 0 Å². The van der Waals surface area contributed by atoms with Gasteiger partial charge in [-0.15, -0.1) is 22.9 Å². The van der Waals surface area contributed by atoms with Gasteiger partial charge >= 0.3 is 0 Å². The van der Waals surface area contributed by atoms with Gasteiger partial charge in [-0.3, -0.25) is 9.36 Å². The number of methoxy groups -OCH3 is 1. The van der Waals surface area contributed by atoms with E-state index >= 15 is 0 Å². The largest absolute Gasteiger partial charge is 0.387 e. The average Bonchev–Trinajstić information content (AvgIpc) is 3.22. The van der Waals surface area contributed by atoms with Gasteiger partial charge in [0.05, 0.1) is 23.1 Å². The van der Waals surface area contributed by atoms with Crippen molar-refractivity contribution in [1.82, 2.24) is 9.55 Å². The van der Waals surface area contributed by atoms with Gasteiger partial charge in [0.1, 0.15) is 23.2 Å². The smallest absolute Gasteiger partial charge is 0.275 e. The number of fused-ring (bicyclic) bond motifs is 1. The number of allylic oxidation sites excluding steroid dienone is 6. The fourth-order valence-corrected chi connectivity index (χ4v) is 5.35. The Morgan fingerprint density at radius 3 is 2.84 bits per heavy atom. The zero-order valence-electron chi connectivity index (χ0n) is 17.7. The lowest BCUT2D eigenvalue weighted by atomic mass is 9.81. The number of nitrogens with zero attached hydrogens (tertiary/aromatic N) is 2. The Labute approximate surface area is 195 Å². The van der Waals surface area contributed by atoms with Crippen LogP contribution in [0, 0.1) is 0 Å². The number of aromatic nitrogens is 2. The average molecular weight is 473 g/mol. The van der Waals surface area contributed by atoms with Gasteiger partial charge in [-0.2, -0.15) is 0 Å². The minimum absolute atomic E-state index is 0.0201. The van der Waals surface area contributed by atoms with Gasteiger partial charge in [0.15, 0.2) is 0 Å². The Morgan fingerprint density at radius 2 is 2.16 bits per heavy atom. The molecule has 168 valence electrons. The van der Waals surface area contributed by atoms with Crippen molar-refractivity contribution in [1.29, 1.82) is 0 Å². The first-order valence-electron chi connectivity index (χ1n) is 10.8. The van der Waals surface area contributed by atoms with Gasteiger partial charge in [-0.05, 0) is 49.5 Å². The molecule has 0 spiro atoms. The first-order valence-corrected chi connectivity index (χ1v) is 12.0. The summed E-state index contributed by atoms with van der Waals surface area (Å²) in [6.07, 6.45) is 15.9. The van der Waals surface area contributed by atoms with E-state index in [1.54, 1.807) is 18.0 Å². The minimum atomic E-state index is -0.716. The topological polar surface area (TPSA) is 73.6 Å². The highest BCUT2D eigenvalue weighted by molar-refractivity contribution is 7.20. The number of hydrogen-bond donors (Lipinski definition) is 1. The summed E-state index contributed by atoms with van der Waals surface area (Å²) >= 11 is 7.57. The molecule has 3 atom stereocenters. The van der Waals surface area contributed by atoms with E-state index in [-0.39, 0.29) is 29.8 Å². The van der Waals surface area contributed by atoms with E-state index in [1.807, 2.05) is 36.4 Å². The normalized spacial score (nSPS) is 26.7. The van der Waals surface area contributed by atoms with E-state index in [9.17, 15) is 9.90 Å². The second kappa shape index (κ2) is 8.72. The first kappa shape index (κ1) is 21.8. The van der Waals surface area contributed by atoms with Crippen LogP contribution in [0.15, 0.2) is 53.6 Å². The predicted molar refractivity (Wildman–Crippen MR) is 128 cm³/mol. The molecule has 6 nitrogen and oxygen atoms in total. The summed E-state index contributed by atoms with van der Waals surface area (Å²) in [7, 11) is 1.61. The molecule has 1 fully saturated rings. The molecule has 5 rings (SSSR count). The molecule has 2 heterocycles. The van der Waals surface area contributed by atoms with Crippen molar-refractivity contribution in [2.75, 3.05) is 13.7 Å². The van der Waals surface area contributed by atoms with E-state index in [2.05, 4.69) is 11.1 Å². The molecule has 0 amide bonds. The summed E-state index contributed by atoms with van der Waals surface area (Å²) in [6.45, 7) is 0.283. The van der Waals surface area contributed by atoms with Gasteiger partial charge in [0.25, 0.3) is 5.56 Å². The number of alkyl halides is 1. The second-order valence-corrected chi connectivity index (χ2v) is 10.1. The fraction of sp³-hybridized carbons (Fsp3) is 0.417. The van der Waals surface area contributed by atoms with Crippen LogP contribution >= 0.6 is 22.9 Å². The summed E-state index contributed by atoms with van der Waals surface area (Å²) in [5.41, 5.74) is 1.62. The minimum Gasteiger partial charge on any atom is -0.387 e. The van der Waals surface area contributed by atoms with Crippen LogP contribution in [0.2, 0.25) is 0 Å². The molecule has 8 heteroatoms. The lowest BCUT2D eigenvalue weighted by Gasteiger charge is -2.38. The Morgan fingerprint density at radius 1 is 1.31 bits per heavy atom. The van der Waals surface area contributed by atoms with Gasteiger partial charge < -0.3 is 14.6 Å². The van der Waals surface area contributed by atoms with Crippen molar-refractivity contribution in [3.8, 4) is 0 Å². The lowest BCUT2D eigenvalue weighted by Crippen LogP contribution is -2.44. The van der Waals surface area contributed by atoms with E-state index in [0.717, 1.165) is 36.1 Å². The van der Waals surface area contributed by atoms with Crippen molar-refractivity contribution in [3.05, 3.63) is 64.1 Å². The maximum absolute atomic E-state index is 13.3. The van der Waals surface area contributed by atoms with Gasteiger partial charge in [-0.25, -0.2) is 4.98 Å². The molecule has 0 bridgehead atoms. The van der Waals surface area contributed by atoms with Crippen LogP contribution in [0.1, 0.15) is 30.6 Å². The van der Waals surface area contributed by atoms with Crippen molar-refractivity contribution in [2.45, 2.75) is 48.9 Å². The highest BCUT2D eigenvalue weighted by Crippen LogP contribution is 2.33. The molecule has 3 aliphatic carbocycles. The van der Waals surface area contributed by atoms with Crippen LogP contribution in [0.4, 0.5) is 0 Å². The fourth-order valence-electron chi connectivity index (χ4n) is 4.13.